The van der Waals surface area contributed by atoms with Crippen LogP contribution in [0.3, 0.4) is 0 Å². The standard InChI is InChI=1S/C18H25N3O4/c1-12(21-8-7-13(9-21)17(19)22)18(23)20(2)10-14-11-24-15-5-3-4-6-16(15)25-14/h3-6,12-14H,7-11H2,1-2H3,(H2,19,22)/t12-,13+,14-/m1/s1. The van der Waals surface area contributed by atoms with E-state index < -0.39 is 0 Å². The summed E-state index contributed by atoms with van der Waals surface area (Å²) in [7, 11) is 1.77. The number of likely N-dealkylation sites (N-methyl/N-ethyl adjacent to an activating group) is 1. The number of fused-ring (bicyclic) bond motifs is 1. The highest BCUT2D eigenvalue weighted by Gasteiger charge is 2.34. The maximum absolute atomic E-state index is 12.7. The van der Waals surface area contributed by atoms with Gasteiger partial charge in [-0.15, -0.1) is 0 Å². The van der Waals surface area contributed by atoms with Crippen molar-refractivity contribution in [3.8, 4) is 11.5 Å². The Morgan fingerprint density at radius 3 is 2.76 bits per heavy atom. The number of hydrogen-bond donors (Lipinski definition) is 1. The maximum Gasteiger partial charge on any atom is 0.239 e. The Morgan fingerprint density at radius 1 is 1.36 bits per heavy atom. The van der Waals surface area contributed by atoms with Gasteiger partial charge in [-0.25, -0.2) is 0 Å². The van der Waals surface area contributed by atoms with Crippen molar-refractivity contribution in [2.45, 2.75) is 25.5 Å². The van der Waals surface area contributed by atoms with Gasteiger partial charge in [0.25, 0.3) is 0 Å². The number of nitrogens with zero attached hydrogens (tertiary/aromatic N) is 2. The van der Waals surface area contributed by atoms with Crippen molar-refractivity contribution >= 4 is 11.8 Å². The van der Waals surface area contributed by atoms with Crippen molar-refractivity contribution in [1.82, 2.24) is 9.80 Å². The molecule has 0 aromatic heterocycles. The second-order valence-electron chi connectivity index (χ2n) is 6.78. The Bertz CT molecular complexity index is 651. The molecular formula is C18H25N3O4. The summed E-state index contributed by atoms with van der Waals surface area (Å²) in [6.45, 7) is 3.99. The van der Waals surface area contributed by atoms with Gasteiger partial charge in [0.1, 0.15) is 6.61 Å². The van der Waals surface area contributed by atoms with E-state index in [-0.39, 0.29) is 29.9 Å². The first kappa shape index (κ1) is 17.5. The average molecular weight is 347 g/mol. The average Bonchev–Trinajstić information content (AvgIpc) is 3.10. The highest BCUT2D eigenvalue weighted by molar-refractivity contribution is 5.82. The smallest absolute Gasteiger partial charge is 0.239 e. The third-order valence-electron chi connectivity index (χ3n) is 4.95. The minimum atomic E-state index is -0.290. The minimum Gasteiger partial charge on any atom is -0.486 e. The molecule has 1 fully saturated rings. The topological polar surface area (TPSA) is 85.1 Å². The molecule has 0 unspecified atom stereocenters. The van der Waals surface area contributed by atoms with Gasteiger partial charge in [-0.05, 0) is 32.0 Å². The lowest BCUT2D eigenvalue weighted by Gasteiger charge is -2.32. The Morgan fingerprint density at radius 2 is 2.08 bits per heavy atom. The molecule has 0 aliphatic carbocycles. The molecule has 0 spiro atoms. The quantitative estimate of drug-likeness (QED) is 0.837. The zero-order valence-corrected chi connectivity index (χ0v) is 14.7. The van der Waals surface area contributed by atoms with E-state index in [1.807, 2.05) is 36.1 Å². The van der Waals surface area contributed by atoms with Crippen molar-refractivity contribution in [3.05, 3.63) is 24.3 Å². The monoisotopic (exact) mass is 347 g/mol. The molecule has 2 N–H and O–H groups in total. The fourth-order valence-corrected chi connectivity index (χ4v) is 3.39. The predicted molar refractivity (Wildman–Crippen MR) is 92.3 cm³/mol. The van der Waals surface area contributed by atoms with Gasteiger partial charge in [-0.3, -0.25) is 14.5 Å². The van der Waals surface area contributed by atoms with Gasteiger partial charge in [-0.2, -0.15) is 0 Å². The van der Waals surface area contributed by atoms with Gasteiger partial charge in [0.15, 0.2) is 17.6 Å². The van der Waals surface area contributed by atoms with Crippen LogP contribution < -0.4 is 15.2 Å². The van der Waals surface area contributed by atoms with Crippen molar-refractivity contribution in [3.63, 3.8) is 0 Å². The molecule has 2 heterocycles. The summed E-state index contributed by atoms with van der Waals surface area (Å²) in [5.74, 6) is 0.994. The second kappa shape index (κ2) is 7.31. The highest BCUT2D eigenvalue weighted by atomic mass is 16.6. The van der Waals surface area contributed by atoms with Crippen molar-refractivity contribution in [2.75, 3.05) is 33.3 Å². The van der Waals surface area contributed by atoms with Gasteiger partial charge in [0, 0.05) is 13.6 Å². The fourth-order valence-electron chi connectivity index (χ4n) is 3.39. The molecule has 2 amide bonds. The summed E-state index contributed by atoms with van der Waals surface area (Å²) in [5.41, 5.74) is 5.37. The van der Waals surface area contributed by atoms with E-state index >= 15 is 0 Å². The minimum absolute atomic E-state index is 0.00702. The van der Waals surface area contributed by atoms with Gasteiger partial charge in [0.05, 0.1) is 18.5 Å². The first-order chi connectivity index (χ1) is 12.0. The summed E-state index contributed by atoms with van der Waals surface area (Å²) in [6.07, 6.45) is 0.514. The molecule has 2 aliphatic heterocycles. The first-order valence-corrected chi connectivity index (χ1v) is 8.62. The van der Waals surface area contributed by atoms with E-state index in [0.29, 0.717) is 38.4 Å². The lowest BCUT2D eigenvalue weighted by atomic mass is 10.1. The summed E-state index contributed by atoms with van der Waals surface area (Å²) >= 11 is 0. The summed E-state index contributed by atoms with van der Waals surface area (Å²) in [5, 5.41) is 0. The molecule has 7 heteroatoms. The number of para-hydroxylation sites is 2. The van der Waals surface area contributed by atoms with Gasteiger partial charge in [0.2, 0.25) is 11.8 Å². The maximum atomic E-state index is 12.7. The van der Waals surface area contributed by atoms with Crippen LogP contribution in [0.4, 0.5) is 0 Å². The van der Waals surface area contributed by atoms with E-state index in [1.54, 1.807) is 11.9 Å². The van der Waals surface area contributed by atoms with Crippen LogP contribution in [0.1, 0.15) is 13.3 Å². The number of hydrogen-bond acceptors (Lipinski definition) is 5. The summed E-state index contributed by atoms with van der Waals surface area (Å²) in [6, 6.07) is 7.23. The SMILES string of the molecule is C[C@H](C(=O)N(C)C[C@@H]1COc2ccccc2O1)N1CC[C@H](C(N)=O)C1. The molecule has 0 bridgehead atoms. The molecule has 25 heavy (non-hydrogen) atoms. The molecule has 7 nitrogen and oxygen atoms in total. The lowest BCUT2D eigenvalue weighted by Crippen LogP contribution is -2.49. The number of carbonyl (C=O) groups excluding carboxylic acids is 2. The summed E-state index contributed by atoms with van der Waals surface area (Å²) in [4.78, 5) is 27.7. The molecule has 1 saturated heterocycles. The second-order valence-corrected chi connectivity index (χ2v) is 6.78. The number of benzene rings is 1. The number of likely N-dealkylation sites (tertiary alicyclic amines) is 1. The Kier molecular flexibility index (Phi) is 5.13. The van der Waals surface area contributed by atoms with E-state index in [1.165, 1.54) is 0 Å². The zero-order chi connectivity index (χ0) is 18.0. The molecule has 1 aromatic carbocycles. The highest BCUT2D eigenvalue weighted by Crippen LogP contribution is 2.31. The third kappa shape index (κ3) is 3.87. The van der Waals surface area contributed by atoms with Crippen molar-refractivity contribution < 1.29 is 19.1 Å². The molecule has 136 valence electrons. The van der Waals surface area contributed by atoms with Gasteiger partial charge in [-0.1, -0.05) is 12.1 Å². The van der Waals surface area contributed by atoms with E-state index in [0.717, 1.165) is 5.75 Å². The van der Waals surface area contributed by atoms with Crippen LogP contribution in [0.5, 0.6) is 11.5 Å². The molecule has 0 saturated carbocycles. The van der Waals surface area contributed by atoms with E-state index in [9.17, 15) is 9.59 Å². The summed E-state index contributed by atoms with van der Waals surface area (Å²) < 4.78 is 11.6. The van der Waals surface area contributed by atoms with Crippen LogP contribution in [0.2, 0.25) is 0 Å². The molecular weight excluding hydrogens is 322 g/mol. The third-order valence-corrected chi connectivity index (χ3v) is 4.95. The van der Waals surface area contributed by atoms with Crippen LogP contribution >= 0.6 is 0 Å². The number of amides is 2. The number of primary amides is 1. The Hall–Kier alpha value is -2.28. The van der Waals surface area contributed by atoms with Crippen LogP contribution in [0.25, 0.3) is 0 Å². The molecule has 3 rings (SSSR count). The largest absolute Gasteiger partial charge is 0.486 e. The fraction of sp³-hybridized carbons (Fsp3) is 0.556. The number of nitrogens with two attached hydrogens (primary N) is 1. The van der Waals surface area contributed by atoms with E-state index in [2.05, 4.69) is 0 Å². The van der Waals surface area contributed by atoms with Crippen LogP contribution in [0.15, 0.2) is 24.3 Å². The lowest BCUT2D eigenvalue weighted by molar-refractivity contribution is -0.136. The molecule has 1 aromatic rings. The van der Waals surface area contributed by atoms with Crippen molar-refractivity contribution in [1.29, 1.82) is 0 Å². The number of rotatable bonds is 5. The molecule has 2 aliphatic rings. The normalized spacial score (nSPS) is 23.9. The van der Waals surface area contributed by atoms with Gasteiger partial charge >= 0.3 is 0 Å². The van der Waals surface area contributed by atoms with Crippen LogP contribution in [0, 0.1) is 5.92 Å². The van der Waals surface area contributed by atoms with Crippen LogP contribution in [-0.2, 0) is 9.59 Å². The predicted octanol–water partition coefficient (Wildman–Crippen LogP) is 0.481. The Balaban J connectivity index is 1.54. The van der Waals surface area contributed by atoms with Gasteiger partial charge < -0.3 is 20.1 Å². The first-order valence-electron chi connectivity index (χ1n) is 8.62. The zero-order valence-electron chi connectivity index (χ0n) is 14.7. The van der Waals surface area contributed by atoms with E-state index in [4.69, 9.17) is 15.2 Å². The van der Waals surface area contributed by atoms with Crippen molar-refractivity contribution in [2.24, 2.45) is 11.7 Å². The number of carbonyl (C=O) groups is 2. The van der Waals surface area contributed by atoms with Crippen LogP contribution in [-0.4, -0.2) is 67.0 Å². The Labute approximate surface area is 147 Å². The molecule has 0 radical (unpaired) electrons. The molecule has 3 atom stereocenters. The number of ether oxygens (including phenoxy) is 2.